The number of unbranched alkanes of at least 4 members (excludes halogenated alkanes) is 1. The number of benzene rings is 1. The molecule has 2 aliphatic rings. The molecule has 0 spiro atoms. The molecule has 2 aliphatic carbocycles. The fourth-order valence-electron chi connectivity index (χ4n) is 5.30. The van der Waals surface area contributed by atoms with Gasteiger partial charge in [-0.3, -0.25) is 0 Å². The molecule has 0 aliphatic heterocycles. The van der Waals surface area contributed by atoms with Gasteiger partial charge in [0.15, 0.2) is 11.6 Å². The van der Waals surface area contributed by atoms with E-state index in [1.807, 2.05) is 0 Å². The van der Waals surface area contributed by atoms with Gasteiger partial charge in [-0.15, -0.1) is 0 Å². The molecule has 27 heavy (non-hydrogen) atoms. The monoisotopic (exact) mass is 378 g/mol. The molecule has 3 heteroatoms. The molecule has 0 bridgehead atoms. The van der Waals surface area contributed by atoms with Crippen LogP contribution in [0.4, 0.5) is 8.78 Å². The average Bonchev–Trinajstić information content (AvgIpc) is 2.72. The summed E-state index contributed by atoms with van der Waals surface area (Å²) in [5.41, 5.74) is 0.0812. The van der Waals surface area contributed by atoms with Crippen LogP contribution in [0.2, 0.25) is 0 Å². The molecule has 0 N–H and O–H groups in total. The van der Waals surface area contributed by atoms with Gasteiger partial charge in [0.2, 0.25) is 5.82 Å². The third-order valence-corrected chi connectivity index (χ3v) is 7.09. The van der Waals surface area contributed by atoms with Crippen molar-refractivity contribution in [3.05, 3.63) is 29.3 Å². The van der Waals surface area contributed by atoms with Crippen molar-refractivity contribution < 1.29 is 13.5 Å². The Labute approximate surface area is 163 Å². The van der Waals surface area contributed by atoms with Crippen LogP contribution in [-0.4, -0.2) is 5.60 Å². The summed E-state index contributed by atoms with van der Waals surface area (Å²) >= 11 is 0. The maximum absolute atomic E-state index is 14.9. The Balaban J connectivity index is 1.86. The summed E-state index contributed by atoms with van der Waals surface area (Å²) in [6.07, 6.45) is 14.5. The largest absolute Gasteiger partial charge is 0.484 e. The van der Waals surface area contributed by atoms with E-state index in [4.69, 9.17) is 4.74 Å². The number of aryl methyl sites for hydroxylation is 1. The van der Waals surface area contributed by atoms with Crippen LogP contribution in [0.1, 0.15) is 96.5 Å². The molecule has 3 rings (SSSR count). The zero-order valence-corrected chi connectivity index (χ0v) is 17.2. The number of rotatable bonds is 7. The summed E-state index contributed by atoms with van der Waals surface area (Å²) < 4.78 is 35.9. The first-order valence-corrected chi connectivity index (χ1v) is 11.2. The van der Waals surface area contributed by atoms with Crippen LogP contribution in [0.3, 0.4) is 0 Å². The Bertz CT molecular complexity index is 583. The van der Waals surface area contributed by atoms with Crippen LogP contribution in [-0.2, 0) is 6.42 Å². The Kier molecular flexibility index (Phi) is 7.16. The first-order valence-electron chi connectivity index (χ1n) is 11.2. The van der Waals surface area contributed by atoms with Gasteiger partial charge in [-0.1, -0.05) is 57.9 Å². The summed E-state index contributed by atoms with van der Waals surface area (Å²) in [6, 6.07) is 3.40. The standard InChI is InChI=1S/C24H36F2O/c1-3-4-11-18-16-17-21(23(26)22(18)25)27-24(2,19-12-7-5-8-13-19)20-14-9-6-10-15-20/h16-17,19-20H,3-15H2,1-2H3. The van der Waals surface area contributed by atoms with Gasteiger partial charge in [0, 0.05) is 0 Å². The number of halogens is 2. The van der Waals surface area contributed by atoms with Gasteiger partial charge < -0.3 is 4.74 Å². The van der Waals surface area contributed by atoms with E-state index in [1.165, 1.54) is 38.5 Å². The summed E-state index contributed by atoms with van der Waals surface area (Å²) in [4.78, 5) is 0. The Hall–Kier alpha value is -1.12. The molecular weight excluding hydrogens is 342 g/mol. The summed E-state index contributed by atoms with van der Waals surface area (Å²) in [7, 11) is 0. The SMILES string of the molecule is CCCCc1ccc(OC(C)(C2CCCCC2)C2CCCCC2)c(F)c1F. The highest BCUT2D eigenvalue weighted by Gasteiger charge is 2.44. The fourth-order valence-corrected chi connectivity index (χ4v) is 5.30. The van der Waals surface area contributed by atoms with Gasteiger partial charge in [0.05, 0.1) is 0 Å². The molecule has 1 aromatic carbocycles. The first kappa shape index (κ1) is 20.6. The van der Waals surface area contributed by atoms with E-state index < -0.39 is 11.6 Å². The van der Waals surface area contributed by atoms with Crippen molar-refractivity contribution in [3.63, 3.8) is 0 Å². The maximum atomic E-state index is 14.9. The molecule has 0 atom stereocenters. The van der Waals surface area contributed by atoms with Gasteiger partial charge >= 0.3 is 0 Å². The second-order valence-corrected chi connectivity index (χ2v) is 8.91. The molecule has 2 saturated carbocycles. The smallest absolute Gasteiger partial charge is 0.200 e. The zero-order chi connectivity index (χ0) is 19.3. The molecule has 0 aromatic heterocycles. The lowest BCUT2D eigenvalue weighted by molar-refractivity contribution is -0.0570. The molecule has 152 valence electrons. The van der Waals surface area contributed by atoms with E-state index in [0.717, 1.165) is 38.5 Å². The third-order valence-electron chi connectivity index (χ3n) is 7.09. The number of hydrogen-bond donors (Lipinski definition) is 0. The molecule has 0 amide bonds. The molecule has 1 aromatic rings. The fraction of sp³-hybridized carbons (Fsp3) is 0.750. The Morgan fingerprint density at radius 2 is 1.44 bits per heavy atom. The average molecular weight is 379 g/mol. The van der Waals surface area contributed by atoms with Gasteiger partial charge in [-0.25, -0.2) is 4.39 Å². The minimum Gasteiger partial charge on any atom is -0.484 e. The lowest BCUT2D eigenvalue weighted by atomic mass is 9.67. The topological polar surface area (TPSA) is 9.23 Å². The van der Waals surface area contributed by atoms with E-state index in [2.05, 4.69) is 13.8 Å². The van der Waals surface area contributed by atoms with E-state index in [0.29, 0.717) is 23.8 Å². The highest BCUT2D eigenvalue weighted by molar-refractivity contribution is 5.32. The first-order chi connectivity index (χ1) is 13.1. The normalized spacial score (nSPS) is 20.0. The third kappa shape index (κ3) is 4.66. The minimum atomic E-state index is -0.790. The van der Waals surface area contributed by atoms with Crippen LogP contribution < -0.4 is 4.74 Å². The van der Waals surface area contributed by atoms with E-state index in [-0.39, 0.29) is 11.4 Å². The predicted octanol–water partition coefficient (Wildman–Crippen LogP) is 7.61. The van der Waals surface area contributed by atoms with Gasteiger partial charge in [-0.05, 0) is 68.9 Å². The zero-order valence-electron chi connectivity index (χ0n) is 17.2. The summed E-state index contributed by atoms with van der Waals surface area (Å²) in [6.45, 7) is 4.24. The van der Waals surface area contributed by atoms with Crippen molar-refractivity contribution in [2.45, 2.75) is 103 Å². The second kappa shape index (κ2) is 9.39. The van der Waals surface area contributed by atoms with Crippen LogP contribution in [0, 0.1) is 23.5 Å². The highest BCUT2D eigenvalue weighted by Crippen LogP contribution is 2.45. The highest BCUT2D eigenvalue weighted by atomic mass is 19.2. The number of hydrogen-bond acceptors (Lipinski definition) is 1. The van der Waals surface area contributed by atoms with Crippen LogP contribution in [0.15, 0.2) is 12.1 Å². The van der Waals surface area contributed by atoms with Crippen molar-refractivity contribution in [3.8, 4) is 5.75 Å². The lowest BCUT2D eigenvalue weighted by Gasteiger charge is -2.46. The van der Waals surface area contributed by atoms with Crippen molar-refractivity contribution in [2.24, 2.45) is 11.8 Å². The van der Waals surface area contributed by atoms with Crippen molar-refractivity contribution >= 4 is 0 Å². The molecule has 0 unspecified atom stereocenters. The van der Waals surface area contributed by atoms with Gasteiger partial charge in [0.1, 0.15) is 5.60 Å². The second-order valence-electron chi connectivity index (χ2n) is 8.91. The summed E-state index contributed by atoms with van der Waals surface area (Å²) in [5, 5.41) is 0. The minimum absolute atomic E-state index is 0.117. The molecular formula is C24H36F2O. The van der Waals surface area contributed by atoms with E-state index >= 15 is 0 Å². The molecule has 2 fully saturated rings. The Morgan fingerprint density at radius 1 is 0.889 bits per heavy atom. The van der Waals surface area contributed by atoms with Crippen molar-refractivity contribution in [1.29, 1.82) is 0 Å². The molecule has 0 radical (unpaired) electrons. The predicted molar refractivity (Wildman–Crippen MR) is 107 cm³/mol. The van der Waals surface area contributed by atoms with Crippen LogP contribution >= 0.6 is 0 Å². The van der Waals surface area contributed by atoms with Gasteiger partial charge in [-0.2, -0.15) is 4.39 Å². The Morgan fingerprint density at radius 3 is 1.96 bits per heavy atom. The number of ether oxygens (including phenoxy) is 1. The van der Waals surface area contributed by atoms with Crippen molar-refractivity contribution in [1.82, 2.24) is 0 Å². The lowest BCUT2D eigenvalue weighted by Crippen LogP contribution is -2.49. The summed E-state index contributed by atoms with van der Waals surface area (Å²) in [5.74, 6) is -0.503. The maximum Gasteiger partial charge on any atom is 0.200 e. The van der Waals surface area contributed by atoms with E-state index in [9.17, 15) is 8.78 Å². The molecule has 0 saturated heterocycles. The van der Waals surface area contributed by atoms with E-state index in [1.54, 1.807) is 12.1 Å². The van der Waals surface area contributed by atoms with Crippen LogP contribution in [0.5, 0.6) is 5.75 Å². The quantitative estimate of drug-likeness (QED) is 0.474. The molecule has 0 heterocycles. The molecule has 1 nitrogen and oxygen atoms in total. The van der Waals surface area contributed by atoms with Crippen molar-refractivity contribution in [2.75, 3.05) is 0 Å². The van der Waals surface area contributed by atoms with Gasteiger partial charge in [0.25, 0.3) is 0 Å². The van der Waals surface area contributed by atoms with Crippen LogP contribution in [0.25, 0.3) is 0 Å².